The van der Waals surface area contributed by atoms with E-state index in [1.807, 2.05) is 25.7 Å². The molecular formula is C14H21N3O3. The van der Waals surface area contributed by atoms with Crippen LogP contribution in [0.1, 0.15) is 42.5 Å². The average molecular weight is 279 g/mol. The van der Waals surface area contributed by atoms with Crippen molar-refractivity contribution in [2.24, 2.45) is 12.5 Å². The first-order chi connectivity index (χ1) is 9.25. The Balaban J connectivity index is 2.30. The summed E-state index contributed by atoms with van der Waals surface area (Å²) in [5.74, 6) is -0.304. The van der Waals surface area contributed by atoms with Crippen LogP contribution in [0.5, 0.6) is 0 Å². The standard InChI is InChI=1S/C14H21N3O3/c1-14(2,3)13(19)17-7-6-9-10(8-17)16(4)15-11(9)12(18)20-5/h6-8H2,1-5H3. The van der Waals surface area contributed by atoms with Gasteiger partial charge < -0.3 is 9.64 Å². The molecule has 110 valence electrons. The highest BCUT2D eigenvalue weighted by Crippen LogP contribution is 2.26. The number of hydrogen-bond acceptors (Lipinski definition) is 4. The summed E-state index contributed by atoms with van der Waals surface area (Å²) in [5, 5.41) is 4.22. The molecule has 0 bridgehead atoms. The van der Waals surface area contributed by atoms with Gasteiger partial charge in [0.25, 0.3) is 0 Å². The predicted octanol–water partition coefficient (Wildman–Crippen LogP) is 1.14. The predicted molar refractivity (Wildman–Crippen MR) is 73.1 cm³/mol. The molecule has 0 unspecified atom stereocenters. The minimum atomic E-state index is -0.419. The molecule has 1 aliphatic heterocycles. The maximum atomic E-state index is 12.3. The second-order valence-corrected chi connectivity index (χ2v) is 6.12. The fourth-order valence-electron chi connectivity index (χ4n) is 2.48. The van der Waals surface area contributed by atoms with Crippen molar-refractivity contribution in [3.05, 3.63) is 17.0 Å². The summed E-state index contributed by atoms with van der Waals surface area (Å²) in [6.45, 7) is 6.83. The molecule has 6 heteroatoms. The Morgan fingerprint density at radius 1 is 1.30 bits per heavy atom. The molecule has 2 rings (SSSR count). The number of hydrogen-bond donors (Lipinski definition) is 0. The molecule has 0 aliphatic carbocycles. The third kappa shape index (κ3) is 2.42. The van der Waals surface area contributed by atoms with Crippen LogP contribution in [0.2, 0.25) is 0 Å². The number of carbonyl (C=O) groups excluding carboxylic acids is 2. The molecule has 0 saturated heterocycles. The van der Waals surface area contributed by atoms with Gasteiger partial charge in [-0.15, -0.1) is 0 Å². The Kier molecular flexibility index (Phi) is 3.58. The summed E-state index contributed by atoms with van der Waals surface area (Å²) < 4.78 is 6.42. The highest BCUT2D eigenvalue weighted by Gasteiger charge is 2.33. The maximum Gasteiger partial charge on any atom is 0.358 e. The number of fused-ring (bicyclic) bond motifs is 1. The Labute approximate surface area is 118 Å². The molecule has 2 heterocycles. The molecule has 1 aromatic heterocycles. The van der Waals surface area contributed by atoms with Crippen molar-refractivity contribution in [1.29, 1.82) is 0 Å². The molecule has 0 atom stereocenters. The number of nitrogens with zero attached hydrogens (tertiary/aromatic N) is 3. The van der Waals surface area contributed by atoms with Gasteiger partial charge in [0.05, 0.1) is 19.3 Å². The van der Waals surface area contributed by atoms with Crippen LogP contribution in [-0.2, 0) is 29.5 Å². The Hall–Kier alpha value is -1.85. The molecule has 0 saturated carbocycles. The summed E-state index contributed by atoms with van der Waals surface area (Å²) in [6, 6.07) is 0. The first-order valence-electron chi connectivity index (χ1n) is 6.68. The van der Waals surface area contributed by atoms with Crippen LogP contribution in [0.15, 0.2) is 0 Å². The van der Waals surface area contributed by atoms with Gasteiger partial charge in [0.1, 0.15) is 0 Å². The van der Waals surface area contributed by atoms with Crippen molar-refractivity contribution < 1.29 is 14.3 Å². The zero-order chi connectivity index (χ0) is 15.1. The molecule has 0 radical (unpaired) electrons. The van der Waals surface area contributed by atoms with Crippen LogP contribution in [0.25, 0.3) is 0 Å². The highest BCUT2D eigenvalue weighted by molar-refractivity contribution is 5.89. The van der Waals surface area contributed by atoms with E-state index in [0.29, 0.717) is 25.2 Å². The molecular weight excluding hydrogens is 258 g/mol. The van der Waals surface area contributed by atoms with Crippen LogP contribution >= 0.6 is 0 Å². The van der Waals surface area contributed by atoms with Gasteiger partial charge in [-0.2, -0.15) is 5.10 Å². The number of ether oxygens (including phenoxy) is 1. The van der Waals surface area contributed by atoms with E-state index in [-0.39, 0.29) is 5.91 Å². The van der Waals surface area contributed by atoms with E-state index < -0.39 is 11.4 Å². The monoisotopic (exact) mass is 279 g/mol. The third-order valence-electron chi connectivity index (χ3n) is 3.55. The lowest BCUT2D eigenvalue weighted by Crippen LogP contribution is -2.42. The van der Waals surface area contributed by atoms with E-state index in [0.717, 1.165) is 11.3 Å². The number of esters is 1. The second-order valence-electron chi connectivity index (χ2n) is 6.12. The minimum absolute atomic E-state index is 0.115. The first kappa shape index (κ1) is 14.6. The van der Waals surface area contributed by atoms with Crippen LogP contribution < -0.4 is 0 Å². The zero-order valence-electron chi connectivity index (χ0n) is 12.7. The number of amides is 1. The summed E-state index contributed by atoms with van der Waals surface area (Å²) in [5.41, 5.74) is 1.78. The summed E-state index contributed by atoms with van der Waals surface area (Å²) in [4.78, 5) is 25.9. The minimum Gasteiger partial charge on any atom is -0.464 e. The Morgan fingerprint density at radius 2 is 1.95 bits per heavy atom. The average Bonchev–Trinajstić information content (AvgIpc) is 2.73. The van der Waals surface area contributed by atoms with Gasteiger partial charge in [-0.25, -0.2) is 4.79 Å². The van der Waals surface area contributed by atoms with Gasteiger partial charge in [-0.05, 0) is 6.42 Å². The van der Waals surface area contributed by atoms with Crippen molar-refractivity contribution in [3.63, 3.8) is 0 Å². The summed E-state index contributed by atoms with van der Waals surface area (Å²) in [7, 11) is 3.14. The van der Waals surface area contributed by atoms with Gasteiger partial charge in [0.2, 0.25) is 5.91 Å². The van der Waals surface area contributed by atoms with Crippen LogP contribution in [0.4, 0.5) is 0 Å². The Bertz CT molecular complexity index is 555. The van der Waals surface area contributed by atoms with Crippen molar-refractivity contribution >= 4 is 11.9 Å². The van der Waals surface area contributed by atoms with E-state index in [1.54, 1.807) is 11.7 Å². The van der Waals surface area contributed by atoms with Crippen molar-refractivity contribution in [3.8, 4) is 0 Å². The molecule has 6 nitrogen and oxygen atoms in total. The number of aromatic nitrogens is 2. The quantitative estimate of drug-likeness (QED) is 0.723. The lowest BCUT2D eigenvalue weighted by Gasteiger charge is -2.32. The Morgan fingerprint density at radius 3 is 2.50 bits per heavy atom. The van der Waals surface area contributed by atoms with Gasteiger partial charge in [0.15, 0.2) is 5.69 Å². The molecule has 0 aromatic carbocycles. The van der Waals surface area contributed by atoms with Crippen LogP contribution in [0.3, 0.4) is 0 Å². The largest absolute Gasteiger partial charge is 0.464 e. The molecule has 0 N–H and O–H groups in total. The number of carbonyl (C=O) groups is 2. The fraction of sp³-hybridized carbons (Fsp3) is 0.643. The molecule has 0 spiro atoms. The smallest absolute Gasteiger partial charge is 0.358 e. The van der Waals surface area contributed by atoms with E-state index in [4.69, 9.17) is 4.74 Å². The normalized spacial score (nSPS) is 14.9. The van der Waals surface area contributed by atoms with E-state index in [9.17, 15) is 9.59 Å². The fourth-order valence-corrected chi connectivity index (χ4v) is 2.48. The first-order valence-corrected chi connectivity index (χ1v) is 6.68. The van der Waals surface area contributed by atoms with E-state index >= 15 is 0 Å². The van der Waals surface area contributed by atoms with Gasteiger partial charge >= 0.3 is 5.97 Å². The molecule has 1 aliphatic rings. The molecule has 1 aromatic rings. The summed E-state index contributed by atoms with van der Waals surface area (Å²) >= 11 is 0. The number of rotatable bonds is 1. The summed E-state index contributed by atoms with van der Waals surface area (Å²) in [6.07, 6.45) is 0.634. The SMILES string of the molecule is COC(=O)c1nn(C)c2c1CCN(C(=O)C(C)(C)C)C2. The molecule has 0 fully saturated rings. The van der Waals surface area contributed by atoms with Crippen LogP contribution in [-0.4, -0.2) is 40.2 Å². The van der Waals surface area contributed by atoms with E-state index in [1.165, 1.54) is 7.11 Å². The van der Waals surface area contributed by atoms with Gasteiger partial charge in [0, 0.05) is 24.6 Å². The lowest BCUT2D eigenvalue weighted by atomic mass is 9.93. The van der Waals surface area contributed by atoms with Gasteiger partial charge in [-0.1, -0.05) is 20.8 Å². The molecule has 20 heavy (non-hydrogen) atoms. The lowest BCUT2D eigenvalue weighted by molar-refractivity contribution is -0.140. The van der Waals surface area contributed by atoms with Gasteiger partial charge in [-0.3, -0.25) is 9.48 Å². The van der Waals surface area contributed by atoms with Crippen molar-refractivity contribution in [1.82, 2.24) is 14.7 Å². The topological polar surface area (TPSA) is 64.4 Å². The molecule has 1 amide bonds. The maximum absolute atomic E-state index is 12.3. The number of aryl methyl sites for hydroxylation is 1. The van der Waals surface area contributed by atoms with Crippen LogP contribution in [0, 0.1) is 5.41 Å². The van der Waals surface area contributed by atoms with Crippen molar-refractivity contribution in [2.45, 2.75) is 33.7 Å². The van der Waals surface area contributed by atoms with E-state index in [2.05, 4.69) is 5.10 Å². The third-order valence-corrected chi connectivity index (χ3v) is 3.55. The zero-order valence-corrected chi connectivity index (χ0v) is 12.7. The van der Waals surface area contributed by atoms with Crippen molar-refractivity contribution in [2.75, 3.05) is 13.7 Å². The highest BCUT2D eigenvalue weighted by atomic mass is 16.5. The second kappa shape index (κ2) is 4.92. The number of methoxy groups -OCH3 is 1.